The summed E-state index contributed by atoms with van der Waals surface area (Å²) >= 11 is 0. The van der Waals surface area contributed by atoms with Crippen LogP contribution in [-0.2, 0) is 6.42 Å². The van der Waals surface area contributed by atoms with E-state index in [0.29, 0.717) is 6.04 Å². The molecule has 1 N–H and O–H groups in total. The van der Waals surface area contributed by atoms with Crippen LogP contribution in [0.2, 0.25) is 0 Å². The highest BCUT2D eigenvalue weighted by Gasteiger charge is 2.22. The Hall–Kier alpha value is -1.09. The molecule has 1 aliphatic rings. The number of nitrogens with one attached hydrogen (secondary N) is 1. The Bertz CT molecular complexity index is 404. The quantitative estimate of drug-likeness (QED) is 0.796. The van der Waals surface area contributed by atoms with E-state index in [9.17, 15) is 0 Å². The lowest BCUT2D eigenvalue weighted by Crippen LogP contribution is -2.30. The van der Waals surface area contributed by atoms with Crippen LogP contribution in [0.4, 0.5) is 0 Å². The number of hydrogen-bond donors (Lipinski definition) is 1. The number of rotatable bonds is 6. The van der Waals surface area contributed by atoms with Crippen LogP contribution < -0.4 is 5.32 Å². The number of hydrogen-bond acceptors (Lipinski definition) is 2. The maximum atomic E-state index is 4.79. The summed E-state index contributed by atoms with van der Waals surface area (Å²) in [6.45, 7) is 7.14. The first-order valence-corrected chi connectivity index (χ1v) is 7.49. The molecule has 2 rings (SSSR count). The maximum Gasteiger partial charge on any atom is 0.0633 e. The van der Waals surface area contributed by atoms with Crippen LogP contribution in [0.25, 0.3) is 0 Å². The van der Waals surface area contributed by atoms with Crippen molar-refractivity contribution in [2.45, 2.75) is 51.5 Å². The molecule has 1 fully saturated rings. The van der Waals surface area contributed by atoms with Gasteiger partial charge in [-0.05, 0) is 26.0 Å². The van der Waals surface area contributed by atoms with Crippen molar-refractivity contribution in [3.63, 3.8) is 0 Å². The van der Waals surface area contributed by atoms with Crippen molar-refractivity contribution in [2.24, 2.45) is 5.41 Å². The van der Waals surface area contributed by atoms with Crippen LogP contribution in [-0.4, -0.2) is 23.4 Å². The Morgan fingerprint density at radius 3 is 2.84 bits per heavy atom. The van der Waals surface area contributed by atoms with Crippen molar-refractivity contribution in [1.82, 2.24) is 15.1 Å². The zero-order chi connectivity index (χ0) is 13.7. The normalized spacial score (nSPS) is 20.1. The summed E-state index contributed by atoms with van der Waals surface area (Å²) in [5.41, 5.74) is 1.27. The van der Waals surface area contributed by atoms with Crippen LogP contribution >= 0.6 is 0 Å². The lowest BCUT2D eigenvalue weighted by molar-refractivity contribution is 0.325. The van der Waals surface area contributed by atoms with E-state index < -0.39 is 0 Å². The summed E-state index contributed by atoms with van der Waals surface area (Å²) in [6.07, 6.45) is 11.8. The Balaban J connectivity index is 2.01. The Morgan fingerprint density at radius 2 is 2.21 bits per heavy atom. The highest BCUT2D eigenvalue weighted by Crippen LogP contribution is 2.28. The Kier molecular flexibility index (Phi) is 4.81. The molecule has 0 saturated heterocycles. The van der Waals surface area contributed by atoms with E-state index in [1.165, 1.54) is 37.8 Å². The molecule has 19 heavy (non-hydrogen) atoms. The molecule has 1 atom stereocenters. The number of aromatic nitrogens is 2. The van der Waals surface area contributed by atoms with E-state index in [2.05, 4.69) is 35.8 Å². The van der Waals surface area contributed by atoms with E-state index in [-0.39, 0.29) is 5.41 Å². The Morgan fingerprint density at radius 1 is 1.47 bits per heavy atom. The topological polar surface area (TPSA) is 29.9 Å². The lowest BCUT2D eigenvalue weighted by Gasteiger charge is -2.25. The standard InChI is InChI=1S/C16H27N3/c1-4-16(2,13-17-3)12-14-10-11-19(18-14)15-8-6-5-7-9-15/h4,10-11,15,17H,1,5-9,12-13H2,2-3H3. The van der Waals surface area contributed by atoms with Gasteiger partial charge in [0.15, 0.2) is 0 Å². The first kappa shape index (κ1) is 14.3. The molecule has 0 spiro atoms. The third-order valence-electron chi connectivity index (χ3n) is 4.27. The highest BCUT2D eigenvalue weighted by molar-refractivity contribution is 5.08. The molecule has 0 radical (unpaired) electrons. The summed E-state index contributed by atoms with van der Waals surface area (Å²) in [7, 11) is 1.99. The van der Waals surface area contributed by atoms with E-state index in [4.69, 9.17) is 5.10 Å². The smallest absolute Gasteiger partial charge is 0.0633 e. The van der Waals surface area contributed by atoms with E-state index in [1.54, 1.807) is 0 Å². The van der Waals surface area contributed by atoms with Crippen molar-refractivity contribution >= 4 is 0 Å². The largest absolute Gasteiger partial charge is 0.319 e. The van der Waals surface area contributed by atoms with Crippen LogP contribution in [0, 0.1) is 5.41 Å². The minimum Gasteiger partial charge on any atom is -0.319 e. The molecule has 1 aromatic heterocycles. The average Bonchev–Trinajstić information content (AvgIpc) is 2.88. The second-order valence-electron chi connectivity index (χ2n) is 6.14. The molecule has 0 amide bonds. The van der Waals surface area contributed by atoms with Crippen LogP contribution in [0.5, 0.6) is 0 Å². The molecule has 0 aromatic carbocycles. The fourth-order valence-electron chi connectivity index (χ4n) is 3.05. The van der Waals surface area contributed by atoms with Gasteiger partial charge in [-0.1, -0.05) is 32.3 Å². The first-order valence-electron chi connectivity index (χ1n) is 7.49. The van der Waals surface area contributed by atoms with Gasteiger partial charge in [-0.3, -0.25) is 4.68 Å². The minimum absolute atomic E-state index is 0.0838. The fraction of sp³-hybridized carbons (Fsp3) is 0.688. The molecule has 3 nitrogen and oxygen atoms in total. The first-order chi connectivity index (χ1) is 9.17. The zero-order valence-corrected chi connectivity index (χ0v) is 12.4. The molecule has 0 bridgehead atoms. The summed E-state index contributed by atoms with van der Waals surface area (Å²) in [5.74, 6) is 0. The van der Waals surface area contributed by atoms with Crippen molar-refractivity contribution in [3.05, 3.63) is 30.6 Å². The summed E-state index contributed by atoms with van der Waals surface area (Å²) in [4.78, 5) is 0. The van der Waals surface area contributed by atoms with E-state index in [1.807, 2.05) is 13.1 Å². The van der Waals surface area contributed by atoms with Crippen molar-refractivity contribution in [2.75, 3.05) is 13.6 Å². The van der Waals surface area contributed by atoms with Gasteiger partial charge in [-0.2, -0.15) is 5.10 Å². The van der Waals surface area contributed by atoms with Crippen molar-refractivity contribution < 1.29 is 0 Å². The predicted molar refractivity (Wildman–Crippen MR) is 80.3 cm³/mol. The molecule has 1 saturated carbocycles. The highest BCUT2D eigenvalue weighted by atomic mass is 15.3. The van der Waals surface area contributed by atoms with Crippen LogP contribution in [0.3, 0.4) is 0 Å². The van der Waals surface area contributed by atoms with Gasteiger partial charge in [-0.25, -0.2) is 0 Å². The minimum atomic E-state index is 0.0838. The lowest BCUT2D eigenvalue weighted by atomic mass is 9.85. The zero-order valence-electron chi connectivity index (χ0n) is 12.4. The SMILES string of the molecule is C=CC(C)(CNC)Cc1ccn(C2CCCCC2)n1. The molecule has 1 aliphatic carbocycles. The van der Waals surface area contributed by atoms with Crippen molar-refractivity contribution in [3.8, 4) is 0 Å². The van der Waals surface area contributed by atoms with Gasteiger partial charge in [-0.15, -0.1) is 6.58 Å². The predicted octanol–water partition coefficient (Wildman–Crippen LogP) is 3.34. The third kappa shape index (κ3) is 3.69. The van der Waals surface area contributed by atoms with Gasteiger partial charge in [0, 0.05) is 24.6 Å². The van der Waals surface area contributed by atoms with E-state index in [0.717, 1.165) is 13.0 Å². The van der Waals surface area contributed by atoms with Gasteiger partial charge < -0.3 is 5.32 Å². The van der Waals surface area contributed by atoms with Gasteiger partial charge in [0.05, 0.1) is 11.7 Å². The number of nitrogens with zero attached hydrogens (tertiary/aromatic N) is 2. The second-order valence-corrected chi connectivity index (χ2v) is 6.14. The van der Waals surface area contributed by atoms with Gasteiger partial charge >= 0.3 is 0 Å². The van der Waals surface area contributed by atoms with Gasteiger partial charge in [0.1, 0.15) is 0 Å². The van der Waals surface area contributed by atoms with Crippen LogP contribution in [0.15, 0.2) is 24.9 Å². The summed E-state index contributed by atoms with van der Waals surface area (Å²) in [5, 5.41) is 8.03. The second kappa shape index (κ2) is 6.38. The third-order valence-corrected chi connectivity index (χ3v) is 4.27. The molecule has 106 valence electrons. The maximum absolute atomic E-state index is 4.79. The molecular weight excluding hydrogens is 234 g/mol. The van der Waals surface area contributed by atoms with E-state index >= 15 is 0 Å². The average molecular weight is 261 g/mol. The monoisotopic (exact) mass is 261 g/mol. The van der Waals surface area contributed by atoms with Gasteiger partial charge in [0.2, 0.25) is 0 Å². The molecule has 3 heteroatoms. The fourth-order valence-corrected chi connectivity index (χ4v) is 3.05. The van der Waals surface area contributed by atoms with Crippen molar-refractivity contribution in [1.29, 1.82) is 0 Å². The molecule has 1 unspecified atom stereocenters. The summed E-state index contributed by atoms with van der Waals surface area (Å²) in [6, 6.07) is 2.80. The molecule has 1 aromatic rings. The summed E-state index contributed by atoms with van der Waals surface area (Å²) < 4.78 is 2.19. The Labute approximate surface area is 117 Å². The van der Waals surface area contributed by atoms with Gasteiger partial charge in [0.25, 0.3) is 0 Å². The van der Waals surface area contributed by atoms with Crippen LogP contribution in [0.1, 0.15) is 50.8 Å². The molecular formula is C16H27N3. The molecule has 0 aliphatic heterocycles. The molecule has 1 heterocycles.